The van der Waals surface area contributed by atoms with Crippen LogP contribution in [0, 0.1) is 6.92 Å². The molecular weight excluding hydrogens is 192 g/mol. The number of hydrazine groups is 1. The minimum atomic E-state index is 0.673. The molecule has 2 aromatic rings. The Balaban J connectivity index is 2.35. The zero-order chi connectivity index (χ0) is 10.8. The number of nitrogens with zero attached hydrogens (tertiary/aromatic N) is 4. The van der Waals surface area contributed by atoms with Gasteiger partial charge in [-0.2, -0.15) is 10.2 Å². The Hall–Kier alpha value is -1.82. The third kappa shape index (κ3) is 1.71. The number of aromatic nitrogens is 4. The van der Waals surface area contributed by atoms with Crippen LogP contribution in [-0.2, 0) is 13.6 Å². The van der Waals surface area contributed by atoms with Gasteiger partial charge >= 0.3 is 0 Å². The van der Waals surface area contributed by atoms with Crippen molar-refractivity contribution < 1.29 is 0 Å². The first kappa shape index (κ1) is 9.72. The van der Waals surface area contributed by atoms with Crippen molar-refractivity contribution in [1.29, 1.82) is 0 Å². The first-order chi connectivity index (χ1) is 7.22. The number of rotatable bonds is 3. The highest BCUT2D eigenvalue weighted by molar-refractivity contribution is 5.46. The van der Waals surface area contributed by atoms with E-state index in [4.69, 9.17) is 5.84 Å². The highest BCUT2D eigenvalue weighted by Crippen LogP contribution is 2.18. The van der Waals surface area contributed by atoms with Gasteiger partial charge < -0.3 is 5.43 Å². The van der Waals surface area contributed by atoms with Crippen molar-refractivity contribution >= 4 is 5.82 Å². The van der Waals surface area contributed by atoms with Crippen LogP contribution in [0.3, 0.4) is 0 Å². The summed E-state index contributed by atoms with van der Waals surface area (Å²) in [5, 5.41) is 8.44. The molecule has 0 atom stereocenters. The minimum Gasteiger partial charge on any atom is -0.308 e. The van der Waals surface area contributed by atoms with Crippen LogP contribution in [0.5, 0.6) is 0 Å². The van der Waals surface area contributed by atoms with Crippen LogP contribution in [0.2, 0.25) is 0 Å². The van der Waals surface area contributed by atoms with E-state index in [1.807, 2.05) is 30.9 Å². The molecule has 0 aliphatic carbocycles. The quantitative estimate of drug-likeness (QED) is 0.558. The molecule has 0 aliphatic rings. The Morgan fingerprint density at radius 2 is 2.33 bits per heavy atom. The molecular formula is C9H14N6. The molecule has 0 saturated heterocycles. The molecule has 0 fully saturated rings. The maximum Gasteiger partial charge on any atom is 0.143 e. The van der Waals surface area contributed by atoms with E-state index in [1.165, 1.54) is 0 Å². The van der Waals surface area contributed by atoms with Crippen molar-refractivity contribution in [3.8, 4) is 0 Å². The molecule has 0 unspecified atom stereocenters. The highest BCUT2D eigenvalue weighted by atomic mass is 15.4. The third-order valence-corrected chi connectivity index (χ3v) is 2.36. The van der Waals surface area contributed by atoms with Gasteiger partial charge in [0.25, 0.3) is 0 Å². The van der Waals surface area contributed by atoms with Crippen molar-refractivity contribution in [3.63, 3.8) is 0 Å². The number of nitrogen functional groups attached to an aromatic ring is 1. The van der Waals surface area contributed by atoms with E-state index in [1.54, 1.807) is 10.9 Å². The number of nitrogens with one attached hydrogen (secondary N) is 1. The Labute approximate surface area is 87.7 Å². The Kier molecular flexibility index (Phi) is 2.42. The molecule has 2 heterocycles. The molecule has 6 heteroatoms. The fraction of sp³-hybridized carbons (Fsp3) is 0.333. The van der Waals surface area contributed by atoms with Crippen LogP contribution in [-0.4, -0.2) is 19.6 Å². The van der Waals surface area contributed by atoms with Crippen LogP contribution in [0.1, 0.15) is 11.3 Å². The van der Waals surface area contributed by atoms with Crippen LogP contribution < -0.4 is 11.3 Å². The van der Waals surface area contributed by atoms with Crippen LogP contribution >= 0.6 is 0 Å². The number of aryl methyl sites for hydroxylation is 2. The summed E-state index contributed by atoms with van der Waals surface area (Å²) >= 11 is 0. The molecule has 0 aliphatic heterocycles. The van der Waals surface area contributed by atoms with Gasteiger partial charge in [0.15, 0.2) is 0 Å². The summed E-state index contributed by atoms with van der Waals surface area (Å²) in [5.74, 6) is 6.28. The standard InChI is InChI=1S/C9H14N6/c1-7-8(6-15-5-3-4-11-15)9(12-10)14(2)13-7/h3-5,12H,6,10H2,1-2H3. The summed E-state index contributed by atoms with van der Waals surface area (Å²) in [6.07, 6.45) is 3.66. The lowest BCUT2D eigenvalue weighted by Crippen LogP contribution is -2.13. The van der Waals surface area contributed by atoms with E-state index in [-0.39, 0.29) is 0 Å². The van der Waals surface area contributed by atoms with E-state index in [9.17, 15) is 0 Å². The van der Waals surface area contributed by atoms with Gasteiger partial charge in [-0.1, -0.05) is 0 Å². The third-order valence-electron chi connectivity index (χ3n) is 2.36. The predicted octanol–water partition coefficient (Wildman–Crippen LogP) is 0.259. The smallest absolute Gasteiger partial charge is 0.143 e. The summed E-state index contributed by atoms with van der Waals surface area (Å²) in [5.41, 5.74) is 4.67. The van der Waals surface area contributed by atoms with Crippen molar-refractivity contribution in [2.45, 2.75) is 13.5 Å². The average Bonchev–Trinajstić information content (AvgIpc) is 2.77. The van der Waals surface area contributed by atoms with Gasteiger partial charge in [-0.25, -0.2) is 5.84 Å². The molecule has 2 rings (SSSR count). The number of nitrogens with two attached hydrogens (primary N) is 1. The Morgan fingerprint density at radius 1 is 1.53 bits per heavy atom. The first-order valence-electron chi connectivity index (χ1n) is 4.69. The molecule has 0 radical (unpaired) electrons. The van der Waals surface area contributed by atoms with Gasteiger partial charge in [0.2, 0.25) is 0 Å². The molecule has 2 aromatic heterocycles. The van der Waals surface area contributed by atoms with Gasteiger partial charge in [0.1, 0.15) is 5.82 Å². The van der Waals surface area contributed by atoms with E-state index in [0.29, 0.717) is 6.54 Å². The van der Waals surface area contributed by atoms with Crippen molar-refractivity contribution in [1.82, 2.24) is 19.6 Å². The van der Waals surface area contributed by atoms with Gasteiger partial charge in [-0.3, -0.25) is 9.36 Å². The maximum atomic E-state index is 5.45. The summed E-state index contributed by atoms with van der Waals surface area (Å²) < 4.78 is 3.57. The lowest BCUT2D eigenvalue weighted by Gasteiger charge is -2.05. The van der Waals surface area contributed by atoms with Gasteiger partial charge in [-0.05, 0) is 13.0 Å². The summed E-state index contributed by atoms with van der Waals surface area (Å²) in [6, 6.07) is 1.89. The van der Waals surface area contributed by atoms with Gasteiger partial charge in [0.05, 0.1) is 12.2 Å². The molecule has 3 N–H and O–H groups in total. The van der Waals surface area contributed by atoms with Crippen LogP contribution in [0.4, 0.5) is 5.82 Å². The second-order valence-corrected chi connectivity index (χ2v) is 3.38. The van der Waals surface area contributed by atoms with Gasteiger partial charge in [0, 0.05) is 25.0 Å². The average molecular weight is 206 g/mol. The predicted molar refractivity (Wildman–Crippen MR) is 57.1 cm³/mol. The highest BCUT2D eigenvalue weighted by Gasteiger charge is 2.12. The zero-order valence-corrected chi connectivity index (χ0v) is 8.81. The summed E-state index contributed by atoms with van der Waals surface area (Å²) in [4.78, 5) is 0. The van der Waals surface area contributed by atoms with E-state index >= 15 is 0 Å². The molecule has 6 nitrogen and oxygen atoms in total. The SMILES string of the molecule is Cc1nn(C)c(NN)c1Cn1cccn1. The molecule has 15 heavy (non-hydrogen) atoms. The lowest BCUT2D eigenvalue weighted by atomic mass is 10.2. The monoisotopic (exact) mass is 206 g/mol. The zero-order valence-electron chi connectivity index (χ0n) is 8.81. The molecule has 0 bridgehead atoms. The lowest BCUT2D eigenvalue weighted by molar-refractivity contribution is 0.684. The fourth-order valence-corrected chi connectivity index (χ4v) is 1.63. The van der Waals surface area contributed by atoms with E-state index < -0.39 is 0 Å². The molecule has 0 spiro atoms. The second-order valence-electron chi connectivity index (χ2n) is 3.38. The van der Waals surface area contributed by atoms with Crippen LogP contribution in [0.15, 0.2) is 18.5 Å². The molecule has 80 valence electrons. The van der Waals surface area contributed by atoms with Crippen molar-refractivity contribution in [2.24, 2.45) is 12.9 Å². The minimum absolute atomic E-state index is 0.673. The van der Waals surface area contributed by atoms with E-state index in [0.717, 1.165) is 17.1 Å². The molecule has 0 aromatic carbocycles. The number of anilines is 1. The van der Waals surface area contributed by atoms with Crippen molar-refractivity contribution in [3.05, 3.63) is 29.7 Å². The number of hydrogen-bond donors (Lipinski definition) is 2. The molecule has 0 amide bonds. The summed E-state index contributed by atoms with van der Waals surface area (Å²) in [6.45, 7) is 2.63. The maximum absolute atomic E-state index is 5.45. The topological polar surface area (TPSA) is 73.7 Å². The number of hydrogen-bond acceptors (Lipinski definition) is 4. The first-order valence-corrected chi connectivity index (χ1v) is 4.69. The largest absolute Gasteiger partial charge is 0.308 e. The normalized spacial score (nSPS) is 10.6. The van der Waals surface area contributed by atoms with E-state index in [2.05, 4.69) is 15.6 Å². The van der Waals surface area contributed by atoms with Crippen molar-refractivity contribution in [2.75, 3.05) is 5.43 Å². The molecule has 0 saturated carbocycles. The van der Waals surface area contributed by atoms with Crippen LogP contribution in [0.25, 0.3) is 0 Å². The second kappa shape index (κ2) is 3.74. The Morgan fingerprint density at radius 3 is 2.93 bits per heavy atom. The Bertz CT molecular complexity index is 441. The fourth-order valence-electron chi connectivity index (χ4n) is 1.63. The van der Waals surface area contributed by atoms with Gasteiger partial charge in [-0.15, -0.1) is 0 Å². The summed E-state index contributed by atoms with van der Waals surface area (Å²) in [7, 11) is 1.86.